The van der Waals surface area contributed by atoms with Gasteiger partial charge in [0.25, 0.3) is 5.91 Å². The molecular formula is C25H24F6N2O5. The highest BCUT2D eigenvalue weighted by molar-refractivity contribution is 6.02. The molecule has 1 fully saturated rings. The van der Waals surface area contributed by atoms with E-state index in [4.69, 9.17) is 14.2 Å². The number of halogens is 6. The molecule has 2 aromatic carbocycles. The average Bonchev–Trinajstić information content (AvgIpc) is 2.88. The van der Waals surface area contributed by atoms with Crippen LogP contribution in [0.2, 0.25) is 0 Å². The number of alkyl halides is 6. The molecule has 2 unspecified atom stereocenters. The molecular weight excluding hydrogens is 522 g/mol. The molecule has 1 saturated heterocycles. The van der Waals surface area contributed by atoms with Gasteiger partial charge in [-0.2, -0.15) is 26.3 Å². The van der Waals surface area contributed by atoms with Crippen LogP contribution in [-0.2, 0) is 21.9 Å². The second-order valence-corrected chi connectivity index (χ2v) is 8.91. The molecule has 0 aliphatic carbocycles. The minimum Gasteiger partial charge on any atom is -0.493 e. The van der Waals surface area contributed by atoms with Crippen LogP contribution in [0.15, 0.2) is 30.3 Å². The van der Waals surface area contributed by atoms with E-state index >= 15 is 0 Å². The molecule has 2 heterocycles. The zero-order valence-electron chi connectivity index (χ0n) is 20.6. The summed E-state index contributed by atoms with van der Waals surface area (Å²) in [6.45, 7) is 0.744. The Morgan fingerprint density at radius 3 is 1.92 bits per heavy atom. The molecule has 2 aliphatic rings. The zero-order chi connectivity index (χ0) is 28.0. The van der Waals surface area contributed by atoms with Gasteiger partial charge >= 0.3 is 12.4 Å². The second-order valence-electron chi connectivity index (χ2n) is 8.91. The van der Waals surface area contributed by atoms with Gasteiger partial charge in [0.05, 0.1) is 50.5 Å². The van der Waals surface area contributed by atoms with Gasteiger partial charge in [0.15, 0.2) is 11.5 Å². The van der Waals surface area contributed by atoms with Gasteiger partial charge in [-0.1, -0.05) is 0 Å². The number of rotatable bonds is 4. The van der Waals surface area contributed by atoms with E-state index < -0.39 is 52.8 Å². The number of amides is 2. The van der Waals surface area contributed by atoms with E-state index in [1.807, 2.05) is 0 Å². The van der Waals surface area contributed by atoms with Crippen LogP contribution in [0.25, 0.3) is 0 Å². The van der Waals surface area contributed by atoms with E-state index in [9.17, 15) is 35.9 Å². The van der Waals surface area contributed by atoms with Gasteiger partial charge in [0.1, 0.15) is 0 Å². The summed E-state index contributed by atoms with van der Waals surface area (Å²) in [7, 11) is 3.89. The number of morpholine rings is 1. The summed E-state index contributed by atoms with van der Waals surface area (Å²) >= 11 is 0. The van der Waals surface area contributed by atoms with Crippen molar-refractivity contribution in [2.75, 3.05) is 47.6 Å². The van der Waals surface area contributed by atoms with Crippen molar-refractivity contribution >= 4 is 11.8 Å². The molecule has 4 rings (SSSR count). The van der Waals surface area contributed by atoms with Crippen molar-refractivity contribution in [3.05, 3.63) is 58.1 Å². The van der Waals surface area contributed by atoms with E-state index in [1.54, 1.807) is 0 Å². The molecule has 38 heavy (non-hydrogen) atoms. The Hall–Kier alpha value is -3.48. The van der Waals surface area contributed by atoms with Crippen molar-refractivity contribution < 1.29 is 50.1 Å². The Balaban J connectivity index is 1.99. The van der Waals surface area contributed by atoms with Crippen LogP contribution < -0.4 is 9.47 Å². The number of likely N-dealkylation sites (N-methyl/N-ethyl adjacent to an activating group) is 1. The molecule has 0 bridgehead atoms. The molecule has 2 atom stereocenters. The van der Waals surface area contributed by atoms with Gasteiger partial charge in [0, 0.05) is 25.7 Å². The monoisotopic (exact) mass is 546 g/mol. The van der Waals surface area contributed by atoms with Crippen LogP contribution in [0, 0.1) is 0 Å². The van der Waals surface area contributed by atoms with E-state index in [-0.39, 0.29) is 55.0 Å². The van der Waals surface area contributed by atoms with Crippen LogP contribution in [0.4, 0.5) is 26.3 Å². The fourth-order valence-electron chi connectivity index (χ4n) is 4.86. The van der Waals surface area contributed by atoms with E-state index in [1.165, 1.54) is 38.3 Å². The fourth-order valence-corrected chi connectivity index (χ4v) is 4.86. The summed E-state index contributed by atoms with van der Waals surface area (Å²) in [6.07, 6.45) is -10.2. The van der Waals surface area contributed by atoms with E-state index in [0.29, 0.717) is 12.1 Å². The third kappa shape index (κ3) is 4.98. The summed E-state index contributed by atoms with van der Waals surface area (Å²) in [5.74, 6) is -2.31. The average molecular weight is 546 g/mol. The lowest BCUT2D eigenvalue weighted by Gasteiger charge is -2.42. The minimum atomic E-state index is -5.11. The van der Waals surface area contributed by atoms with Crippen molar-refractivity contribution in [1.82, 2.24) is 9.80 Å². The summed E-state index contributed by atoms with van der Waals surface area (Å²) < 4.78 is 97.9. The summed E-state index contributed by atoms with van der Waals surface area (Å²) in [4.78, 5) is 29.7. The Morgan fingerprint density at radius 2 is 1.42 bits per heavy atom. The number of nitrogens with zero attached hydrogens (tertiary/aromatic N) is 2. The molecule has 2 aliphatic heterocycles. The predicted molar refractivity (Wildman–Crippen MR) is 121 cm³/mol. The fraction of sp³-hybridized carbons (Fsp3) is 0.440. The summed E-state index contributed by atoms with van der Waals surface area (Å²) in [6, 6.07) is 2.34. The van der Waals surface area contributed by atoms with Crippen molar-refractivity contribution in [3.8, 4) is 11.5 Å². The van der Waals surface area contributed by atoms with Gasteiger partial charge in [-0.15, -0.1) is 0 Å². The Labute approximate surface area is 213 Å². The number of carbonyl (C=O) groups is 2. The first-order valence-electron chi connectivity index (χ1n) is 11.5. The third-order valence-electron chi connectivity index (χ3n) is 6.71. The maximum atomic E-state index is 13.9. The summed E-state index contributed by atoms with van der Waals surface area (Å²) in [5, 5.41) is 0. The maximum Gasteiger partial charge on any atom is 0.416 e. The van der Waals surface area contributed by atoms with Gasteiger partial charge in [-0.05, 0) is 41.5 Å². The smallest absolute Gasteiger partial charge is 0.416 e. The second kappa shape index (κ2) is 10.0. The van der Waals surface area contributed by atoms with Crippen molar-refractivity contribution in [2.24, 2.45) is 0 Å². The number of hydrogen-bond donors (Lipinski definition) is 0. The van der Waals surface area contributed by atoms with Crippen LogP contribution in [-0.4, -0.2) is 69.2 Å². The van der Waals surface area contributed by atoms with Crippen LogP contribution >= 0.6 is 0 Å². The lowest BCUT2D eigenvalue weighted by Crippen LogP contribution is -2.49. The molecule has 0 saturated carbocycles. The molecule has 2 aromatic rings. The highest BCUT2D eigenvalue weighted by atomic mass is 19.4. The van der Waals surface area contributed by atoms with Crippen molar-refractivity contribution in [1.29, 1.82) is 0 Å². The molecule has 0 aromatic heterocycles. The number of methoxy groups -OCH3 is 2. The lowest BCUT2D eigenvalue weighted by molar-refractivity contribution is -0.143. The number of carbonyl (C=O) groups excluding carboxylic acids is 2. The normalized spacial score (nSPS) is 20.3. The predicted octanol–water partition coefficient (Wildman–Crippen LogP) is 4.51. The number of hydrogen-bond acceptors (Lipinski definition) is 5. The molecule has 2 amide bonds. The number of fused-ring (bicyclic) bond motifs is 1. The maximum absolute atomic E-state index is 13.9. The van der Waals surface area contributed by atoms with Gasteiger partial charge in [0.2, 0.25) is 5.91 Å². The SMILES string of the molecule is COc1cc2c(cc1OC)C(C(=O)N1CCOCC1)C(c1cc(C(F)(F)F)cc(C(F)(F)F)c1)N(C)C2=O. The number of benzene rings is 2. The highest BCUT2D eigenvalue weighted by Crippen LogP contribution is 2.48. The van der Waals surface area contributed by atoms with Crippen LogP contribution in [0.3, 0.4) is 0 Å². The Bertz CT molecular complexity index is 1210. The summed E-state index contributed by atoms with van der Waals surface area (Å²) in [5.41, 5.74) is -3.43. The molecule has 7 nitrogen and oxygen atoms in total. The van der Waals surface area contributed by atoms with Gasteiger partial charge < -0.3 is 24.0 Å². The van der Waals surface area contributed by atoms with Crippen LogP contribution in [0.5, 0.6) is 11.5 Å². The Kier molecular flexibility index (Phi) is 7.26. The lowest BCUT2D eigenvalue weighted by atomic mass is 9.78. The number of ether oxygens (including phenoxy) is 3. The first-order valence-corrected chi connectivity index (χ1v) is 11.5. The standard InChI is InChI=1S/C25H24F6N2O5/c1-32-21(13-8-14(24(26,27)28)10-15(9-13)25(29,30)31)20(23(35)33-4-6-38-7-5-33)16-11-18(36-2)19(37-3)12-17(16)22(32)34/h8-12,20-21H,4-7H2,1-3H3. The van der Waals surface area contributed by atoms with E-state index in [2.05, 4.69) is 0 Å². The first-order chi connectivity index (χ1) is 17.8. The van der Waals surface area contributed by atoms with Crippen LogP contribution in [0.1, 0.15) is 44.6 Å². The first kappa shape index (κ1) is 27.6. The van der Waals surface area contributed by atoms with Gasteiger partial charge in [-0.3, -0.25) is 9.59 Å². The van der Waals surface area contributed by atoms with Crippen molar-refractivity contribution in [2.45, 2.75) is 24.3 Å². The Morgan fingerprint density at radius 1 is 0.895 bits per heavy atom. The minimum absolute atomic E-state index is 0.00872. The quantitative estimate of drug-likeness (QED) is 0.528. The van der Waals surface area contributed by atoms with Gasteiger partial charge in [-0.25, -0.2) is 0 Å². The molecule has 0 radical (unpaired) electrons. The van der Waals surface area contributed by atoms with E-state index in [0.717, 1.165) is 4.90 Å². The largest absolute Gasteiger partial charge is 0.493 e. The molecule has 13 heteroatoms. The highest BCUT2D eigenvalue weighted by Gasteiger charge is 2.47. The molecule has 0 spiro atoms. The molecule has 206 valence electrons. The van der Waals surface area contributed by atoms with Crippen molar-refractivity contribution in [3.63, 3.8) is 0 Å². The topological polar surface area (TPSA) is 68.3 Å². The molecule has 0 N–H and O–H groups in total. The third-order valence-corrected chi connectivity index (χ3v) is 6.71. The zero-order valence-corrected chi connectivity index (χ0v) is 20.6.